The molecule has 2 aliphatic heterocycles. The number of methoxy groups -OCH3 is 1. The normalized spacial score (nSPS) is 18.8. The molecule has 0 aromatic heterocycles. The fourth-order valence-corrected chi connectivity index (χ4v) is 5.39. The second-order valence-electron chi connectivity index (χ2n) is 9.12. The van der Waals surface area contributed by atoms with Crippen molar-refractivity contribution in [3.05, 3.63) is 88.1 Å². The summed E-state index contributed by atoms with van der Waals surface area (Å²) in [6, 6.07) is 16.7. The first-order valence-electron chi connectivity index (χ1n) is 12.1. The molecule has 0 spiro atoms. The number of esters is 1. The monoisotopic (exact) mass is 503 g/mol. The minimum atomic E-state index is -0.533. The van der Waals surface area contributed by atoms with E-state index in [1.165, 1.54) is 24.6 Å². The number of amides is 1. The summed E-state index contributed by atoms with van der Waals surface area (Å²) < 4.78 is 11.4. The van der Waals surface area contributed by atoms with Crippen LogP contribution in [0.25, 0.3) is 0 Å². The van der Waals surface area contributed by atoms with Crippen molar-refractivity contribution in [2.75, 3.05) is 13.7 Å². The highest BCUT2D eigenvalue weighted by atomic mass is 32.2. The third-order valence-electron chi connectivity index (χ3n) is 6.49. The first-order valence-corrected chi connectivity index (χ1v) is 13.0. The second kappa shape index (κ2) is 10.6. The molecule has 7 nitrogen and oxygen atoms in total. The minimum Gasteiger partial charge on any atom is -0.496 e. The molecule has 8 heteroatoms. The van der Waals surface area contributed by atoms with E-state index in [0.29, 0.717) is 29.5 Å². The number of amidine groups is 1. The number of benzene rings is 2. The number of hydrogen-bond donors (Lipinski definition) is 1. The molecule has 1 amide bonds. The van der Waals surface area contributed by atoms with Gasteiger partial charge in [0.25, 0.3) is 0 Å². The number of nitrogens with one attached hydrogen (secondary N) is 1. The second-order valence-corrected chi connectivity index (χ2v) is 9.96. The van der Waals surface area contributed by atoms with Gasteiger partial charge in [0.2, 0.25) is 5.91 Å². The molecule has 36 heavy (non-hydrogen) atoms. The Hall–Kier alpha value is -3.52. The summed E-state index contributed by atoms with van der Waals surface area (Å²) in [5.74, 6) is 0.781. The molecule has 1 fully saturated rings. The van der Waals surface area contributed by atoms with Crippen LogP contribution in [0.5, 0.6) is 5.75 Å². The van der Waals surface area contributed by atoms with Gasteiger partial charge in [0.15, 0.2) is 5.17 Å². The summed E-state index contributed by atoms with van der Waals surface area (Å²) >= 11 is 1.46. The SMILES string of the molecule is COc1ccccc1C1C(C(=O)OCc2ccccc2)=C(C)N=C2SC=C(CC(=O)NCC3CC3)N21. The van der Waals surface area contributed by atoms with Crippen LogP contribution in [-0.4, -0.2) is 35.6 Å². The smallest absolute Gasteiger partial charge is 0.338 e. The van der Waals surface area contributed by atoms with E-state index in [4.69, 9.17) is 14.5 Å². The van der Waals surface area contributed by atoms with Gasteiger partial charge >= 0.3 is 5.97 Å². The Labute approximate surface area is 215 Å². The Morgan fingerprint density at radius 1 is 1.11 bits per heavy atom. The molecule has 1 atom stereocenters. The number of hydrogen-bond acceptors (Lipinski definition) is 7. The maximum absolute atomic E-state index is 13.5. The van der Waals surface area contributed by atoms with Crippen molar-refractivity contribution in [2.45, 2.75) is 38.8 Å². The summed E-state index contributed by atoms with van der Waals surface area (Å²) in [6.07, 6.45) is 2.56. The molecule has 2 aromatic carbocycles. The van der Waals surface area contributed by atoms with E-state index in [9.17, 15) is 9.59 Å². The van der Waals surface area contributed by atoms with E-state index < -0.39 is 12.0 Å². The lowest BCUT2D eigenvalue weighted by molar-refractivity contribution is -0.141. The molecule has 2 heterocycles. The Morgan fingerprint density at radius 3 is 2.61 bits per heavy atom. The zero-order valence-corrected chi connectivity index (χ0v) is 21.2. The van der Waals surface area contributed by atoms with Gasteiger partial charge in [0, 0.05) is 17.8 Å². The number of carbonyl (C=O) groups is 2. The first kappa shape index (κ1) is 24.2. The number of thioether (sulfide) groups is 1. The van der Waals surface area contributed by atoms with Crippen molar-refractivity contribution >= 4 is 28.8 Å². The molecule has 2 aromatic rings. The predicted molar refractivity (Wildman–Crippen MR) is 140 cm³/mol. The maximum Gasteiger partial charge on any atom is 0.338 e. The van der Waals surface area contributed by atoms with E-state index in [-0.39, 0.29) is 18.9 Å². The van der Waals surface area contributed by atoms with E-state index in [1.807, 2.05) is 71.8 Å². The van der Waals surface area contributed by atoms with Crippen LogP contribution < -0.4 is 10.1 Å². The lowest BCUT2D eigenvalue weighted by atomic mass is 9.93. The zero-order valence-electron chi connectivity index (χ0n) is 20.4. The third kappa shape index (κ3) is 5.18. The lowest BCUT2D eigenvalue weighted by Crippen LogP contribution is -2.38. The van der Waals surface area contributed by atoms with Crippen molar-refractivity contribution in [3.63, 3.8) is 0 Å². The summed E-state index contributed by atoms with van der Waals surface area (Å²) in [4.78, 5) is 33.0. The molecule has 186 valence electrons. The van der Waals surface area contributed by atoms with Crippen LogP contribution in [0.3, 0.4) is 0 Å². The van der Waals surface area contributed by atoms with Gasteiger partial charge in [-0.1, -0.05) is 60.3 Å². The van der Waals surface area contributed by atoms with Gasteiger partial charge in [-0.15, -0.1) is 0 Å². The lowest BCUT2D eigenvalue weighted by Gasteiger charge is -2.36. The Kier molecular flexibility index (Phi) is 7.13. The van der Waals surface area contributed by atoms with Crippen LogP contribution >= 0.6 is 11.8 Å². The van der Waals surface area contributed by atoms with E-state index in [0.717, 1.165) is 22.0 Å². The van der Waals surface area contributed by atoms with Crippen molar-refractivity contribution in [2.24, 2.45) is 10.9 Å². The fourth-order valence-electron chi connectivity index (χ4n) is 4.43. The third-order valence-corrected chi connectivity index (χ3v) is 7.38. The van der Waals surface area contributed by atoms with Crippen LogP contribution in [0.15, 0.2) is 82.0 Å². The molecule has 5 rings (SSSR count). The van der Waals surface area contributed by atoms with Gasteiger partial charge in [0.05, 0.1) is 30.8 Å². The van der Waals surface area contributed by atoms with Crippen LogP contribution in [0.1, 0.15) is 43.4 Å². The number of carbonyl (C=O) groups excluding carboxylic acids is 2. The number of ether oxygens (including phenoxy) is 2. The molecule has 1 unspecified atom stereocenters. The van der Waals surface area contributed by atoms with E-state index in [2.05, 4.69) is 5.32 Å². The highest BCUT2D eigenvalue weighted by Crippen LogP contribution is 2.47. The van der Waals surface area contributed by atoms with Crippen molar-refractivity contribution in [1.82, 2.24) is 10.2 Å². The highest BCUT2D eigenvalue weighted by Gasteiger charge is 2.42. The molecule has 1 aliphatic carbocycles. The van der Waals surface area contributed by atoms with Gasteiger partial charge in [-0.05, 0) is 42.7 Å². The molecule has 0 bridgehead atoms. The van der Waals surface area contributed by atoms with Crippen LogP contribution in [0, 0.1) is 5.92 Å². The molecule has 0 radical (unpaired) electrons. The molecular weight excluding hydrogens is 474 g/mol. The van der Waals surface area contributed by atoms with Crippen molar-refractivity contribution in [1.29, 1.82) is 0 Å². The molecule has 3 aliphatic rings. The number of para-hydroxylation sites is 1. The van der Waals surface area contributed by atoms with Gasteiger partial charge < -0.3 is 19.7 Å². The summed E-state index contributed by atoms with van der Waals surface area (Å²) in [5, 5.41) is 5.72. The van der Waals surface area contributed by atoms with Crippen LogP contribution in [-0.2, 0) is 20.9 Å². The number of nitrogens with zero attached hydrogens (tertiary/aromatic N) is 2. The number of rotatable bonds is 9. The van der Waals surface area contributed by atoms with E-state index in [1.54, 1.807) is 7.11 Å². The van der Waals surface area contributed by atoms with Crippen LogP contribution in [0.4, 0.5) is 0 Å². The standard InChI is InChI=1S/C28H29N3O4S/c1-18-25(27(33)35-16-20-8-4-3-5-9-20)26(22-10-6-7-11-23(22)34-2)31-21(17-36-28(31)30-18)14-24(32)29-15-19-12-13-19/h3-11,17,19,26H,12-16H2,1-2H3,(H,29,32). The number of fused-ring (bicyclic) bond motifs is 1. The van der Waals surface area contributed by atoms with Crippen molar-refractivity contribution < 1.29 is 19.1 Å². The molecule has 0 saturated heterocycles. The summed E-state index contributed by atoms with van der Waals surface area (Å²) in [6.45, 7) is 2.70. The maximum atomic E-state index is 13.5. The zero-order chi connectivity index (χ0) is 25.1. The van der Waals surface area contributed by atoms with E-state index >= 15 is 0 Å². The summed E-state index contributed by atoms with van der Waals surface area (Å²) in [7, 11) is 1.61. The summed E-state index contributed by atoms with van der Waals surface area (Å²) in [5.41, 5.74) is 3.54. The first-order chi connectivity index (χ1) is 17.5. The molecule has 1 N–H and O–H groups in total. The van der Waals surface area contributed by atoms with Crippen LogP contribution in [0.2, 0.25) is 0 Å². The van der Waals surface area contributed by atoms with Gasteiger partial charge in [-0.3, -0.25) is 4.79 Å². The minimum absolute atomic E-state index is 0.0340. The Morgan fingerprint density at radius 2 is 1.86 bits per heavy atom. The average Bonchev–Trinajstić information content (AvgIpc) is 3.66. The number of aliphatic imine (C=N–C) groups is 1. The van der Waals surface area contributed by atoms with Crippen molar-refractivity contribution in [3.8, 4) is 5.75 Å². The highest BCUT2D eigenvalue weighted by molar-refractivity contribution is 8.16. The topological polar surface area (TPSA) is 80.2 Å². The predicted octanol–water partition coefficient (Wildman–Crippen LogP) is 4.93. The van der Waals surface area contributed by atoms with Gasteiger partial charge in [0.1, 0.15) is 12.4 Å². The Bertz CT molecular complexity index is 1250. The molecule has 1 saturated carbocycles. The number of allylic oxidation sites excluding steroid dienone is 1. The fraction of sp³-hybridized carbons (Fsp3) is 0.321. The quantitative estimate of drug-likeness (QED) is 0.489. The average molecular weight is 504 g/mol. The largest absolute Gasteiger partial charge is 0.496 e. The van der Waals surface area contributed by atoms with Gasteiger partial charge in [-0.2, -0.15) is 0 Å². The Balaban J connectivity index is 1.46. The van der Waals surface area contributed by atoms with Gasteiger partial charge in [-0.25, -0.2) is 9.79 Å². The molecular formula is C28H29N3O4S.